The molecule has 1 heterocycles. The number of hydrogen-bond donors (Lipinski definition) is 0. The quantitative estimate of drug-likeness (QED) is 0.658. The average Bonchev–Trinajstić information content (AvgIpc) is 1.69. The Morgan fingerprint density at radius 3 is 2.20 bits per heavy atom. The molecule has 1 rings (SSSR count). The minimum atomic E-state index is 0. The van der Waals surface area contributed by atoms with Crippen LogP contribution in [0.1, 0.15) is 5.56 Å². The van der Waals surface area contributed by atoms with Crippen molar-refractivity contribution in [3.63, 3.8) is 0 Å². The van der Waals surface area contributed by atoms with Gasteiger partial charge in [-0.2, -0.15) is 12.3 Å². The molecule has 1 aromatic rings. The third kappa shape index (κ3) is 7.34. The van der Waals surface area contributed by atoms with Gasteiger partial charge in [0.1, 0.15) is 0 Å². The maximum atomic E-state index is 3.79. The van der Waals surface area contributed by atoms with Crippen LogP contribution in [-0.4, -0.2) is 4.98 Å². The average molecular weight is 284 g/mol. The van der Waals surface area contributed by atoms with Crippen molar-refractivity contribution >= 4 is 0 Å². The number of rotatable bonds is 0. The van der Waals surface area contributed by atoms with Gasteiger partial charge in [-0.1, -0.05) is 0 Å². The fraction of sp³-hybridized carbons (Fsp3) is 0. The molecule has 0 aromatic carbocycles. The predicted octanol–water partition coefficient (Wildman–Crippen LogP) is 1.51. The largest absolute Gasteiger partial charge is 0.393 e. The third-order valence-electron chi connectivity index (χ3n) is 0.660. The SMILES string of the molecule is [CH2-]c1[c-]ccnc1.[CH3-].[Y].[Y]. The first kappa shape index (κ1) is 17.3. The molecule has 0 saturated heterocycles. The van der Waals surface area contributed by atoms with Crippen LogP contribution in [0.5, 0.6) is 0 Å². The van der Waals surface area contributed by atoms with E-state index in [1.54, 1.807) is 18.5 Å². The van der Waals surface area contributed by atoms with E-state index in [-0.39, 0.29) is 72.8 Å². The summed E-state index contributed by atoms with van der Waals surface area (Å²) in [6.07, 6.45) is 3.34. The van der Waals surface area contributed by atoms with E-state index >= 15 is 0 Å². The maximum Gasteiger partial charge on any atom is 0 e. The molecule has 0 aliphatic rings. The second-order valence-electron chi connectivity index (χ2n) is 1.26. The van der Waals surface area contributed by atoms with Gasteiger partial charge in [0, 0.05) is 65.4 Å². The maximum absolute atomic E-state index is 3.79. The van der Waals surface area contributed by atoms with Crippen LogP contribution in [0.2, 0.25) is 0 Å². The predicted molar refractivity (Wildman–Crippen MR) is 33.9 cm³/mol. The van der Waals surface area contributed by atoms with Crippen LogP contribution in [0.3, 0.4) is 0 Å². The molecule has 0 amide bonds. The van der Waals surface area contributed by atoms with E-state index in [0.29, 0.717) is 0 Å². The van der Waals surface area contributed by atoms with E-state index < -0.39 is 0 Å². The molecular formula is C7H8NY2-3. The van der Waals surface area contributed by atoms with Gasteiger partial charge in [-0.25, -0.2) is 0 Å². The molecule has 0 saturated carbocycles. The minimum absolute atomic E-state index is 0. The summed E-state index contributed by atoms with van der Waals surface area (Å²) in [4.78, 5) is 3.79. The van der Waals surface area contributed by atoms with Crippen molar-refractivity contribution in [1.82, 2.24) is 4.98 Å². The van der Waals surface area contributed by atoms with Crippen molar-refractivity contribution in [3.05, 3.63) is 44.4 Å². The van der Waals surface area contributed by atoms with Crippen LogP contribution in [0, 0.1) is 20.4 Å². The summed E-state index contributed by atoms with van der Waals surface area (Å²) < 4.78 is 0. The Kier molecular flexibility index (Phi) is 17.7. The molecule has 0 atom stereocenters. The van der Waals surface area contributed by atoms with Gasteiger partial charge in [0.05, 0.1) is 0 Å². The number of hydrogen-bond acceptors (Lipinski definition) is 1. The van der Waals surface area contributed by atoms with Gasteiger partial charge in [-0.3, -0.25) is 0 Å². The van der Waals surface area contributed by atoms with Gasteiger partial charge in [0.15, 0.2) is 0 Å². The van der Waals surface area contributed by atoms with Crippen molar-refractivity contribution in [3.8, 4) is 0 Å². The first-order valence-electron chi connectivity index (χ1n) is 2.03. The number of aromatic nitrogens is 1. The van der Waals surface area contributed by atoms with Gasteiger partial charge >= 0.3 is 0 Å². The molecule has 1 nitrogen and oxygen atoms in total. The third-order valence-corrected chi connectivity index (χ3v) is 0.660. The molecule has 1 aromatic heterocycles. The molecule has 3 heteroatoms. The van der Waals surface area contributed by atoms with Crippen LogP contribution >= 0.6 is 0 Å². The smallest absolute Gasteiger partial charge is 0 e. The Labute approximate surface area is 113 Å². The van der Waals surface area contributed by atoms with Gasteiger partial charge < -0.3 is 31.0 Å². The van der Waals surface area contributed by atoms with E-state index in [2.05, 4.69) is 18.0 Å². The topological polar surface area (TPSA) is 12.9 Å². The Morgan fingerprint density at radius 1 is 1.40 bits per heavy atom. The summed E-state index contributed by atoms with van der Waals surface area (Å²) in [5.41, 5.74) is 0.836. The van der Waals surface area contributed by atoms with Gasteiger partial charge in [-0.05, 0) is 6.20 Å². The second kappa shape index (κ2) is 10.2. The molecule has 0 fully saturated rings. The number of nitrogens with zero attached hydrogens (tertiary/aromatic N) is 1. The molecule has 50 valence electrons. The standard InChI is InChI=1S/C6H5N.CH3.2Y/c1-6-3-2-4-7-5-6;;;/h2,4-5H,1H2;1H3;;/q-2;-1;;. The normalized spacial score (nSPS) is 6.00. The van der Waals surface area contributed by atoms with E-state index in [1.165, 1.54) is 0 Å². The van der Waals surface area contributed by atoms with Crippen molar-refractivity contribution in [2.75, 3.05) is 0 Å². The monoisotopic (exact) mass is 284 g/mol. The van der Waals surface area contributed by atoms with Crippen LogP contribution in [0.25, 0.3) is 0 Å². The van der Waals surface area contributed by atoms with E-state index in [9.17, 15) is 0 Å². The molecule has 0 unspecified atom stereocenters. The second-order valence-corrected chi connectivity index (χ2v) is 1.26. The minimum Gasteiger partial charge on any atom is -0.393 e. The molecule has 0 aliphatic carbocycles. The molecule has 10 heavy (non-hydrogen) atoms. The van der Waals surface area contributed by atoms with Crippen molar-refractivity contribution in [2.45, 2.75) is 0 Å². The fourth-order valence-electron chi connectivity index (χ4n) is 0.358. The summed E-state index contributed by atoms with van der Waals surface area (Å²) in [5, 5.41) is 0. The van der Waals surface area contributed by atoms with Gasteiger partial charge in [0.2, 0.25) is 0 Å². The first-order valence-corrected chi connectivity index (χ1v) is 2.03. The Balaban J connectivity index is -0.000000163. The molecule has 0 spiro atoms. The molecule has 2 radical (unpaired) electrons. The zero-order chi connectivity index (χ0) is 5.11. The Morgan fingerprint density at radius 2 is 2.00 bits per heavy atom. The Hall–Kier alpha value is 1.23. The summed E-state index contributed by atoms with van der Waals surface area (Å²) in [5.74, 6) is 0. The molecule has 0 N–H and O–H groups in total. The van der Waals surface area contributed by atoms with E-state index in [0.717, 1.165) is 5.56 Å². The van der Waals surface area contributed by atoms with Crippen LogP contribution in [0.15, 0.2) is 18.5 Å². The van der Waals surface area contributed by atoms with Gasteiger partial charge in [0.25, 0.3) is 0 Å². The molecule has 0 aliphatic heterocycles. The Bertz CT molecular complexity index is 142. The summed E-state index contributed by atoms with van der Waals surface area (Å²) in [6.45, 7) is 3.60. The zero-order valence-corrected chi connectivity index (χ0v) is 11.7. The molecule has 0 bridgehead atoms. The van der Waals surface area contributed by atoms with Crippen LogP contribution in [0.4, 0.5) is 0 Å². The van der Waals surface area contributed by atoms with Gasteiger partial charge in [-0.15, -0.1) is 0 Å². The van der Waals surface area contributed by atoms with Crippen LogP contribution < -0.4 is 0 Å². The summed E-state index contributed by atoms with van der Waals surface area (Å²) in [6, 6.07) is 4.60. The van der Waals surface area contributed by atoms with E-state index in [1.807, 2.05) is 0 Å². The van der Waals surface area contributed by atoms with Crippen molar-refractivity contribution < 1.29 is 65.4 Å². The van der Waals surface area contributed by atoms with Crippen LogP contribution in [-0.2, 0) is 65.4 Å². The van der Waals surface area contributed by atoms with Crippen molar-refractivity contribution in [1.29, 1.82) is 0 Å². The zero-order valence-electron chi connectivity index (χ0n) is 6.04. The fourth-order valence-corrected chi connectivity index (χ4v) is 0.358. The summed E-state index contributed by atoms with van der Waals surface area (Å²) >= 11 is 0. The summed E-state index contributed by atoms with van der Waals surface area (Å²) in [7, 11) is 0. The van der Waals surface area contributed by atoms with E-state index in [4.69, 9.17) is 0 Å². The first-order chi connectivity index (χ1) is 3.39. The number of pyridine rings is 1. The van der Waals surface area contributed by atoms with Crippen molar-refractivity contribution in [2.24, 2.45) is 0 Å². The molecular weight excluding hydrogens is 276 g/mol.